The molecule has 0 spiro atoms. The van der Waals surface area contributed by atoms with Crippen LogP contribution in [-0.2, 0) is 6.54 Å². The van der Waals surface area contributed by atoms with Gasteiger partial charge in [-0.3, -0.25) is 0 Å². The lowest BCUT2D eigenvalue weighted by molar-refractivity contribution is 0.604. The van der Waals surface area contributed by atoms with Crippen LogP contribution < -0.4 is 5.73 Å². The van der Waals surface area contributed by atoms with Crippen LogP contribution in [0.5, 0.6) is 0 Å². The van der Waals surface area contributed by atoms with Gasteiger partial charge >= 0.3 is 0 Å². The van der Waals surface area contributed by atoms with Crippen molar-refractivity contribution < 1.29 is 0 Å². The van der Waals surface area contributed by atoms with E-state index < -0.39 is 0 Å². The van der Waals surface area contributed by atoms with E-state index in [4.69, 9.17) is 28.9 Å². The highest BCUT2D eigenvalue weighted by Crippen LogP contribution is 2.05. The van der Waals surface area contributed by atoms with Gasteiger partial charge in [0.15, 0.2) is 5.82 Å². The van der Waals surface area contributed by atoms with Crippen LogP contribution in [0, 0.1) is 0 Å². The van der Waals surface area contributed by atoms with Crippen molar-refractivity contribution >= 4 is 29.0 Å². The Morgan fingerprint density at radius 3 is 2.91 bits per heavy atom. The molecule has 2 N–H and O–H groups in total. The van der Waals surface area contributed by atoms with Crippen molar-refractivity contribution in [3.8, 4) is 0 Å². The first-order chi connectivity index (χ1) is 5.18. The van der Waals surface area contributed by atoms with E-state index in [1.54, 1.807) is 6.08 Å². The van der Waals surface area contributed by atoms with Gasteiger partial charge in [0.2, 0.25) is 0 Å². The van der Waals surface area contributed by atoms with Gasteiger partial charge in [0, 0.05) is 0 Å². The molecule has 4 nitrogen and oxygen atoms in total. The van der Waals surface area contributed by atoms with Crippen LogP contribution in [0.1, 0.15) is 0 Å². The fourth-order valence-corrected chi connectivity index (χ4v) is 0.687. The van der Waals surface area contributed by atoms with E-state index in [2.05, 4.69) is 10.2 Å². The molecule has 0 aliphatic rings. The number of nitrogens with two attached hydrogens (primary N) is 1. The highest BCUT2D eigenvalue weighted by Gasteiger charge is 1.92. The Hall–Kier alpha value is -0.740. The third-order valence-electron chi connectivity index (χ3n) is 0.963. The van der Waals surface area contributed by atoms with E-state index in [1.807, 2.05) is 0 Å². The summed E-state index contributed by atoms with van der Waals surface area (Å²) >= 11 is 10.7. The van der Waals surface area contributed by atoms with E-state index in [0.29, 0.717) is 12.4 Å². The van der Waals surface area contributed by atoms with Crippen LogP contribution in [0.15, 0.2) is 16.8 Å². The topological polar surface area (TPSA) is 56.7 Å². The van der Waals surface area contributed by atoms with Gasteiger partial charge in [0.25, 0.3) is 0 Å². The summed E-state index contributed by atoms with van der Waals surface area (Å²) in [6.45, 7) is 0.430. The van der Waals surface area contributed by atoms with Gasteiger partial charge in [-0.25, -0.2) is 0 Å². The number of allylic oxidation sites excluding steroid dienone is 1. The van der Waals surface area contributed by atoms with Gasteiger partial charge in [-0.15, -0.1) is 5.10 Å². The molecule has 1 aromatic heterocycles. The Bertz CT molecular complexity index is 263. The molecular weight excluding hydrogens is 187 g/mol. The molecule has 0 saturated heterocycles. The number of hydrogen-bond donors (Lipinski definition) is 1. The maximum absolute atomic E-state index is 5.36. The van der Waals surface area contributed by atoms with Crippen molar-refractivity contribution in [1.82, 2.24) is 15.0 Å². The summed E-state index contributed by atoms with van der Waals surface area (Å²) in [7, 11) is 0. The predicted molar refractivity (Wildman–Crippen MR) is 44.2 cm³/mol. The van der Waals surface area contributed by atoms with E-state index in [9.17, 15) is 0 Å². The minimum absolute atomic E-state index is 0.195. The van der Waals surface area contributed by atoms with Crippen molar-refractivity contribution in [2.24, 2.45) is 0 Å². The van der Waals surface area contributed by atoms with Gasteiger partial charge < -0.3 is 5.73 Å². The zero-order valence-electron chi connectivity index (χ0n) is 5.54. The van der Waals surface area contributed by atoms with Crippen LogP contribution in [0.4, 0.5) is 5.82 Å². The van der Waals surface area contributed by atoms with Crippen molar-refractivity contribution in [3.05, 3.63) is 16.8 Å². The van der Waals surface area contributed by atoms with E-state index in [-0.39, 0.29) is 4.49 Å². The minimum atomic E-state index is 0.195. The molecule has 60 valence electrons. The number of nitrogen functional groups attached to an aromatic ring is 1. The second-order valence-corrected chi connectivity index (χ2v) is 2.83. The Kier molecular flexibility index (Phi) is 2.73. The number of aromatic nitrogens is 3. The first-order valence-corrected chi connectivity index (χ1v) is 3.61. The average Bonchev–Trinajstić information content (AvgIpc) is 2.31. The summed E-state index contributed by atoms with van der Waals surface area (Å²) in [5.74, 6) is 0.379. The molecule has 1 heterocycles. The molecule has 0 atom stereocenters. The smallest absolute Gasteiger partial charge is 0.165 e. The third kappa shape index (κ3) is 2.78. The molecule has 0 unspecified atom stereocenters. The first kappa shape index (κ1) is 8.36. The Labute approximate surface area is 73.6 Å². The Morgan fingerprint density at radius 2 is 2.45 bits per heavy atom. The number of anilines is 1. The monoisotopic (exact) mass is 192 g/mol. The van der Waals surface area contributed by atoms with Crippen LogP contribution in [0.2, 0.25) is 0 Å². The van der Waals surface area contributed by atoms with Gasteiger partial charge in [-0.2, -0.15) is 9.90 Å². The molecule has 0 saturated carbocycles. The zero-order valence-corrected chi connectivity index (χ0v) is 7.05. The highest BCUT2D eigenvalue weighted by atomic mass is 35.5. The predicted octanol–water partition coefficient (Wildman–Crippen LogP) is 1.18. The second-order valence-electron chi connectivity index (χ2n) is 1.82. The van der Waals surface area contributed by atoms with Crippen LogP contribution >= 0.6 is 23.2 Å². The molecule has 0 bridgehead atoms. The largest absolute Gasteiger partial charge is 0.381 e. The third-order valence-corrected chi connectivity index (χ3v) is 1.27. The molecule has 1 aromatic rings. The van der Waals surface area contributed by atoms with E-state index in [1.165, 1.54) is 11.0 Å². The number of rotatable bonds is 2. The number of nitrogens with zero attached hydrogens (tertiary/aromatic N) is 3. The molecule has 0 fully saturated rings. The summed E-state index contributed by atoms with van der Waals surface area (Å²) < 4.78 is 0.195. The van der Waals surface area contributed by atoms with Gasteiger partial charge in [-0.1, -0.05) is 23.2 Å². The molecule has 6 heteroatoms. The lowest BCUT2D eigenvalue weighted by atomic mass is 10.6. The first-order valence-electron chi connectivity index (χ1n) is 2.85. The summed E-state index contributed by atoms with van der Waals surface area (Å²) in [6.07, 6.45) is 3.03. The van der Waals surface area contributed by atoms with Crippen molar-refractivity contribution in [1.29, 1.82) is 0 Å². The summed E-state index contributed by atoms with van der Waals surface area (Å²) in [6, 6.07) is 0. The van der Waals surface area contributed by atoms with Crippen LogP contribution in [0.25, 0.3) is 0 Å². The molecule has 1 rings (SSSR count). The van der Waals surface area contributed by atoms with Crippen molar-refractivity contribution in [3.63, 3.8) is 0 Å². The SMILES string of the molecule is Nc1cnn(CC=C(Cl)Cl)n1. The lowest BCUT2D eigenvalue weighted by Crippen LogP contribution is -2.00. The zero-order chi connectivity index (χ0) is 8.27. The quantitative estimate of drug-likeness (QED) is 0.767. The standard InChI is InChI=1S/C5H6Cl2N4/c6-4(7)1-2-11-9-3-5(8)10-11/h1,3H,2H2,(H2,8,10). The van der Waals surface area contributed by atoms with Crippen LogP contribution in [0.3, 0.4) is 0 Å². The van der Waals surface area contributed by atoms with Crippen molar-refractivity contribution in [2.75, 3.05) is 5.73 Å². The molecular formula is C5H6Cl2N4. The summed E-state index contributed by atoms with van der Waals surface area (Å²) in [5, 5.41) is 7.61. The Morgan fingerprint density at radius 1 is 1.73 bits per heavy atom. The normalized spacial score (nSPS) is 9.64. The van der Waals surface area contributed by atoms with Gasteiger partial charge in [0.05, 0.1) is 12.7 Å². The lowest BCUT2D eigenvalue weighted by Gasteiger charge is -1.90. The number of halogens is 2. The maximum atomic E-state index is 5.36. The fraction of sp³-hybridized carbons (Fsp3) is 0.200. The summed E-state index contributed by atoms with van der Waals surface area (Å²) in [5.41, 5.74) is 5.30. The molecule has 0 aromatic carbocycles. The molecule has 0 amide bonds. The fourth-order valence-electron chi connectivity index (χ4n) is 0.549. The van der Waals surface area contributed by atoms with Crippen LogP contribution in [-0.4, -0.2) is 15.0 Å². The molecule has 0 aliphatic heterocycles. The highest BCUT2D eigenvalue weighted by molar-refractivity contribution is 6.55. The summed E-state index contributed by atoms with van der Waals surface area (Å²) in [4.78, 5) is 1.39. The Balaban J connectivity index is 2.58. The number of hydrogen-bond acceptors (Lipinski definition) is 3. The van der Waals surface area contributed by atoms with E-state index >= 15 is 0 Å². The average molecular weight is 193 g/mol. The molecule has 0 aliphatic carbocycles. The van der Waals surface area contributed by atoms with Gasteiger partial charge in [-0.05, 0) is 6.08 Å². The maximum Gasteiger partial charge on any atom is 0.165 e. The van der Waals surface area contributed by atoms with Crippen molar-refractivity contribution in [2.45, 2.75) is 6.54 Å². The molecule has 0 radical (unpaired) electrons. The minimum Gasteiger partial charge on any atom is -0.381 e. The van der Waals surface area contributed by atoms with Gasteiger partial charge in [0.1, 0.15) is 4.49 Å². The second kappa shape index (κ2) is 3.59. The molecule has 11 heavy (non-hydrogen) atoms. The van der Waals surface area contributed by atoms with E-state index in [0.717, 1.165) is 0 Å².